The number of nitro benzene ring substituents is 3. The Morgan fingerprint density at radius 3 is 0.949 bits per heavy atom. The highest BCUT2D eigenvalue weighted by atomic mass is 16.6. The Morgan fingerprint density at radius 2 is 0.582 bits per heavy atom. The molecule has 1 aromatic heterocycles. The minimum absolute atomic E-state index is 0.0302. The summed E-state index contributed by atoms with van der Waals surface area (Å²) in [6.45, 7) is 0. The fourth-order valence-electron chi connectivity index (χ4n) is 11.0. The molecule has 0 unspecified atom stereocenters. The fourth-order valence-corrected chi connectivity index (χ4v) is 11.0. The van der Waals surface area contributed by atoms with E-state index in [1.165, 1.54) is 18.2 Å². The summed E-state index contributed by atoms with van der Waals surface area (Å²) < 4.78 is 2.20. The van der Waals surface area contributed by atoms with Crippen LogP contribution < -0.4 is 14.7 Å². The molecule has 13 nitrogen and oxygen atoms in total. The van der Waals surface area contributed by atoms with Gasteiger partial charge in [-0.1, -0.05) is 127 Å². The van der Waals surface area contributed by atoms with Gasteiger partial charge in [0.15, 0.2) is 0 Å². The summed E-state index contributed by atoms with van der Waals surface area (Å²) in [6.07, 6.45) is 0. The zero-order chi connectivity index (χ0) is 53.7. The monoisotopic (exact) mass is 1030 g/mol. The topological polar surface area (TPSA) is 144 Å². The predicted octanol–water partition coefficient (Wildman–Crippen LogP) is 18.4. The molecule has 13 heteroatoms. The molecule has 0 N–H and O–H groups in total. The molecule has 378 valence electrons. The van der Waals surface area contributed by atoms with Crippen LogP contribution in [0.3, 0.4) is 0 Å². The number of anilines is 9. The van der Waals surface area contributed by atoms with Crippen molar-refractivity contribution in [3.8, 4) is 5.69 Å². The third-order valence-electron chi connectivity index (χ3n) is 14.5. The van der Waals surface area contributed by atoms with E-state index in [-0.39, 0.29) is 31.8 Å². The van der Waals surface area contributed by atoms with E-state index in [0.29, 0.717) is 17.1 Å². The van der Waals surface area contributed by atoms with E-state index in [0.717, 1.165) is 93.9 Å². The Bertz CT molecular complexity index is 4380. The van der Waals surface area contributed by atoms with Crippen LogP contribution in [-0.4, -0.2) is 19.3 Å². The van der Waals surface area contributed by atoms with E-state index in [2.05, 4.69) is 38.6 Å². The lowest BCUT2D eigenvalue weighted by Gasteiger charge is -2.27. The van der Waals surface area contributed by atoms with Crippen molar-refractivity contribution in [3.05, 3.63) is 291 Å². The van der Waals surface area contributed by atoms with Gasteiger partial charge in [-0.3, -0.25) is 30.3 Å². The van der Waals surface area contributed by atoms with Gasteiger partial charge >= 0.3 is 0 Å². The Hall–Kier alpha value is -11.2. The average molecular weight is 1030 g/mol. The van der Waals surface area contributed by atoms with Crippen molar-refractivity contribution in [2.75, 3.05) is 14.7 Å². The van der Waals surface area contributed by atoms with E-state index in [4.69, 9.17) is 0 Å². The van der Waals surface area contributed by atoms with Crippen LogP contribution in [0.15, 0.2) is 261 Å². The van der Waals surface area contributed by atoms with Crippen molar-refractivity contribution >= 4 is 122 Å². The van der Waals surface area contributed by atoms with Crippen molar-refractivity contribution in [3.63, 3.8) is 0 Å². The zero-order valence-electron chi connectivity index (χ0n) is 41.9. The third-order valence-corrected chi connectivity index (χ3v) is 14.5. The summed E-state index contributed by atoms with van der Waals surface area (Å²) in [5.41, 5.74) is 8.99. The van der Waals surface area contributed by atoms with E-state index in [1.54, 1.807) is 36.4 Å². The first-order valence-corrected chi connectivity index (χ1v) is 25.4. The minimum Gasteiger partial charge on any atom is -0.310 e. The molecule has 1 heterocycles. The van der Waals surface area contributed by atoms with E-state index in [9.17, 15) is 30.3 Å². The van der Waals surface area contributed by atoms with Crippen LogP contribution in [0.25, 0.3) is 59.8 Å². The molecule has 0 saturated carbocycles. The molecular formula is C66H43N7O6. The molecule has 0 bridgehead atoms. The number of nitrogens with zero attached hydrogens (tertiary/aromatic N) is 7. The second kappa shape index (κ2) is 19.5. The van der Waals surface area contributed by atoms with Gasteiger partial charge in [0.1, 0.15) is 0 Å². The van der Waals surface area contributed by atoms with Crippen molar-refractivity contribution < 1.29 is 14.8 Å². The highest BCUT2D eigenvalue weighted by molar-refractivity contribution is 6.13. The first-order valence-electron chi connectivity index (χ1n) is 25.4. The highest BCUT2D eigenvalue weighted by Crippen LogP contribution is 2.47. The zero-order valence-corrected chi connectivity index (χ0v) is 41.9. The Labute approximate surface area is 451 Å². The maximum atomic E-state index is 12.3. The molecule has 0 radical (unpaired) electrons. The number of hydrogen-bond donors (Lipinski definition) is 0. The van der Waals surface area contributed by atoms with Gasteiger partial charge in [0.05, 0.1) is 59.9 Å². The molecule has 0 atom stereocenters. The van der Waals surface area contributed by atoms with Gasteiger partial charge in [-0.25, -0.2) is 0 Å². The Balaban J connectivity index is 1.05. The first-order chi connectivity index (χ1) is 38.7. The molecule has 0 spiro atoms. The average Bonchev–Trinajstić information content (AvgIpc) is 3.86. The minimum atomic E-state index is -0.386. The van der Waals surface area contributed by atoms with Crippen molar-refractivity contribution in [1.82, 2.24) is 4.57 Å². The summed E-state index contributed by atoms with van der Waals surface area (Å²) >= 11 is 0. The van der Waals surface area contributed by atoms with Crippen LogP contribution >= 0.6 is 0 Å². The number of non-ortho nitro benzene ring substituents is 3. The van der Waals surface area contributed by atoms with Crippen LogP contribution in [0.2, 0.25) is 0 Å². The molecule has 0 saturated heterocycles. The van der Waals surface area contributed by atoms with Crippen LogP contribution in [-0.2, 0) is 0 Å². The fraction of sp³-hybridized carbons (Fsp3) is 0. The van der Waals surface area contributed by atoms with Crippen molar-refractivity contribution in [2.45, 2.75) is 0 Å². The molecule has 79 heavy (non-hydrogen) atoms. The number of hydrogen-bond acceptors (Lipinski definition) is 9. The summed E-state index contributed by atoms with van der Waals surface area (Å²) in [6, 6.07) is 82.8. The van der Waals surface area contributed by atoms with Crippen LogP contribution in [0.5, 0.6) is 0 Å². The quantitative estimate of drug-likeness (QED) is 0.0814. The summed E-state index contributed by atoms with van der Waals surface area (Å²) in [7, 11) is 0. The molecule has 0 aliphatic heterocycles. The second-order valence-electron chi connectivity index (χ2n) is 19.1. The molecule has 0 amide bonds. The Kier molecular flexibility index (Phi) is 11.7. The van der Waals surface area contributed by atoms with Crippen molar-refractivity contribution in [2.24, 2.45) is 0 Å². The van der Waals surface area contributed by atoms with Crippen molar-refractivity contribution in [1.29, 1.82) is 0 Å². The van der Waals surface area contributed by atoms with Gasteiger partial charge in [0.25, 0.3) is 17.1 Å². The smallest absolute Gasteiger partial charge is 0.271 e. The van der Waals surface area contributed by atoms with Gasteiger partial charge < -0.3 is 19.3 Å². The lowest BCUT2D eigenvalue weighted by Crippen LogP contribution is -2.11. The van der Waals surface area contributed by atoms with Gasteiger partial charge in [-0.2, -0.15) is 0 Å². The normalized spacial score (nSPS) is 11.3. The molecule has 0 fully saturated rings. The van der Waals surface area contributed by atoms with E-state index in [1.807, 2.05) is 187 Å². The summed E-state index contributed by atoms with van der Waals surface area (Å²) in [5, 5.41) is 44.5. The molecule has 0 aliphatic rings. The third kappa shape index (κ3) is 8.49. The van der Waals surface area contributed by atoms with Gasteiger partial charge in [0, 0.05) is 86.1 Å². The molecular weight excluding hydrogens is 987 g/mol. The van der Waals surface area contributed by atoms with Gasteiger partial charge in [-0.05, 0) is 113 Å². The SMILES string of the molecule is O=[N+]([O-])c1cccc(N(c2ccc(-n3c4ccc(N(c5cccc([N+](=O)[O-])c5)c5cccc6ccccc56)cc4c4cc(N(c5cccc([N+](=O)[O-])c5)c5cccc6ccccc56)ccc43)cc2)c2cccc3ccccc23)c1. The maximum absolute atomic E-state index is 12.3. The Morgan fingerprint density at radius 1 is 0.278 bits per heavy atom. The van der Waals surface area contributed by atoms with Crippen LogP contribution in [0, 0.1) is 30.3 Å². The molecule has 13 rings (SSSR count). The number of aromatic nitrogens is 1. The van der Waals surface area contributed by atoms with Crippen LogP contribution in [0.1, 0.15) is 0 Å². The predicted molar refractivity (Wildman–Crippen MR) is 317 cm³/mol. The summed E-state index contributed by atoms with van der Waals surface area (Å²) in [4.78, 5) is 41.8. The van der Waals surface area contributed by atoms with E-state index < -0.39 is 0 Å². The van der Waals surface area contributed by atoms with E-state index >= 15 is 0 Å². The molecule has 12 aromatic carbocycles. The lowest BCUT2D eigenvalue weighted by atomic mass is 10.0. The second-order valence-corrected chi connectivity index (χ2v) is 19.1. The van der Waals surface area contributed by atoms with Gasteiger partial charge in [0.2, 0.25) is 0 Å². The summed E-state index contributed by atoms with van der Waals surface area (Å²) in [5.74, 6) is 0. The lowest BCUT2D eigenvalue weighted by molar-refractivity contribution is -0.385. The number of fused-ring (bicyclic) bond motifs is 6. The number of benzene rings is 12. The van der Waals surface area contributed by atoms with Crippen LogP contribution in [0.4, 0.5) is 68.2 Å². The highest BCUT2D eigenvalue weighted by Gasteiger charge is 2.25. The standard InChI is InChI=1S/C66H43N7O6/c74-71(75)54-22-10-19-49(39-54)67(62-28-7-16-44-13-1-4-25-57(44)62)47-31-33-48(34-32-47)70-65-37-35-52(68(50-20-11-23-55(40-50)72(76)77)63-29-8-17-45-14-2-5-26-58(45)63)42-60(65)61-43-53(36-38-66(61)70)69(51-21-12-24-56(41-51)73(78)79)64-30-9-18-46-15-3-6-27-59(46)64/h1-43H. The molecule has 0 aliphatic carbocycles. The number of nitro groups is 3. The largest absolute Gasteiger partial charge is 0.310 e. The first kappa shape index (κ1) is 47.5. The number of rotatable bonds is 13. The molecule has 13 aromatic rings. The maximum Gasteiger partial charge on any atom is 0.271 e. The van der Waals surface area contributed by atoms with Gasteiger partial charge in [-0.15, -0.1) is 0 Å².